The van der Waals surface area contributed by atoms with E-state index in [1.54, 1.807) is 0 Å². The molecule has 0 bridgehead atoms. The number of esters is 1. The minimum absolute atomic E-state index is 0.392. The van der Waals surface area contributed by atoms with Crippen LogP contribution < -0.4 is 0 Å². The predicted molar refractivity (Wildman–Crippen MR) is 72.5 cm³/mol. The molecule has 0 aromatic carbocycles. The summed E-state index contributed by atoms with van der Waals surface area (Å²) in [4.78, 5) is 34.6. The van der Waals surface area contributed by atoms with Gasteiger partial charge in [0.1, 0.15) is 12.0 Å². The molecule has 1 fully saturated rings. The molecule has 1 unspecified atom stereocenters. The highest BCUT2D eigenvalue weighted by molar-refractivity contribution is 5.87. The van der Waals surface area contributed by atoms with Gasteiger partial charge in [-0.25, -0.2) is 0 Å². The van der Waals surface area contributed by atoms with Crippen molar-refractivity contribution in [3.8, 4) is 0 Å². The van der Waals surface area contributed by atoms with Crippen LogP contribution in [-0.2, 0) is 19.1 Å². The first-order chi connectivity index (χ1) is 9.92. The Kier molecular flexibility index (Phi) is 4.34. The van der Waals surface area contributed by atoms with E-state index in [1.807, 2.05) is 13.0 Å². The van der Waals surface area contributed by atoms with E-state index in [2.05, 4.69) is 0 Å². The van der Waals surface area contributed by atoms with Crippen LogP contribution in [0.4, 0.5) is 0 Å². The van der Waals surface area contributed by atoms with Crippen molar-refractivity contribution < 1.29 is 29.3 Å². The SMILES string of the molecule is CCC[C@]12CCCC=C1C([C@H](CC(=O)O)C(=O)O)OC2=O. The average Bonchev–Trinajstić information content (AvgIpc) is 2.70. The number of carbonyl (C=O) groups is 3. The summed E-state index contributed by atoms with van der Waals surface area (Å²) in [5.41, 5.74) is -0.0432. The maximum absolute atomic E-state index is 12.3. The van der Waals surface area contributed by atoms with Crippen molar-refractivity contribution in [2.24, 2.45) is 11.3 Å². The molecular weight excluding hydrogens is 276 g/mol. The van der Waals surface area contributed by atoms with Gasteiger partial charge in [-0.15, -0.1) is 0 Å². The Labute approximate surface area is 122 Å². The van der Waals surface area contributed by atoms with Gasteiger partial charge in [0.25, 0.3) is 0 Å². The van der Waals surface area contributed by atoms with E-state index < -0.39 is 41.8 Å². The Morgan fingerprint density at radius 1 is 1.48 bits per heavy atom. The standard InChI is InChI=1S/C15H20O6/c1-2-6-15-7-4-3-5-10(15)12(21-14(15)20)9(13(18)19)8-11(16)17/h5,9,12H,2-4,6-8H2,1H3,(H,16,17)(H,18,19)/t9-,12?,15-/m0/s1. The monoisotopic (exact) mass is 296 g/mol. The second-order valence-electron chi connectivity index (χ2n) is 5.75. The number of ether oxygens (including phenoxy) is 1. The normalized spacial score (nSPS) is 29.3. The highest BCUT2D eigenvalue weighted by Crippen LogP contribution is 2.51. The minimum Gasteiger partial charge on any atom is -0.481 e. The van der Waals surface area contributed by atoms with E-state index in [1.165, 1.54) is 0 Å². The lowest BCUT2D eigenvalue weighted by molar-refractivity contribution is -0.158. The Bertz CT molecular complexity index is 494. The molecule has 0 spiro atoms. The second kappa shape index (κ2) is 5.87. The Hall–Kier alpha value is -1.85. The van der Waals surface area contributed by atoms with Crippen molar-refractivity contribution in [2.45, 2.75) is 51.6 Å². The highest BCUT2D eigenvalue weighted by atomic mass is 16.6. The number of aliphatic carboxylic acids is 2. The third-order valence-corrected chi connectivity index (χ3v) is 4.41. The first-order valence-electron chi connectivity index (χ1n) is 7.28. The van der Waals surface area contributed by atoms with Crippen LogP contribution in [0.5, 0.6) is 0 Å². The lowest BCUT2D eigenvalue weighted by Crippen LogP contribution is -2.34. The van der Waals surface area contributed by atoms with Crippen LogP contribution in [0.3, 0.4) is 0 Å². The van der Waals surface area contributed by atoms with Gasteiger partial charge >= 0.3 is 17.9 Å². The molecule has 1 heterocycles. The number of carboxylic acid groups (broad SMARTS) is 2. The Morgan fingerprint density at radius 3 is 2.76 bits per heavy atom. The fourth-order valence-electron chi connectivity index (χ4n) is 3.51. The van der Waals surface area contributed by atoms with Gasteiger partial charge in [0.15, 0.2) is 0 Å². The number of rotatable bonds is 6. The van der Waals surface area contributed by atoms with Crippen molar-refractivity contribution in [1.29, 1.82) is 0 Å². The molecular formula is C15H20O6. The molecule has 1 saturated heterocycles. The molecule has 0 saturated carbocycles. The number of cyclic esters (lactones) is 1. The molecule has 2 aliphatic rings. The van der Waals surface area contributed by atoms with Crippen molar-refractivity contribution >= 4 is 17.9 Å². The summed E-state index contributed by atoms with van der Waals surface area (Å²) in [6.07, 6.45) is 4.08. The zero-order valence-electron chi connectivity index (χ0n) is 12.0. The van der Waals surface area contributed by atoms with Crippen molar-refractivity contribution in [2.75, 3.05) is 0 Å². The van der Waals surface area contributed by atoms with Crippen LogP contribution in [0, 0.1) is 11.3 Å². The summed E-state index contributed by atoms with van der Waals surface area (Å²) in [6.45, 7) is 1.97. The van der Waals surface area contributed by atoms with Crippen molar-refractivity contribution in [3.05, 3.63) is 11.6 Å². The van der Waals surface area contributed by atoms with Gasteiger partial charge in [0.2, 0.25) is 0 Å². The molecule has 6 nitrogen and oxygen atoms in total. The van der Waals surface area contributed by atoms with Crippen molar-refractivity contribution in [3.63, 3.8) is 0 Å². The quantitative estimate of drug-likeness (QED) is 0.574. The molecule has 2 rings (SSSR count). The Morgan fingerprint density at radius 2 is 2.19 bits per heavy atom. The average molecular weight is 296 g/mol. The molecule has 0 radical (unpaired) electrons. The van der Waals surface area contributed by atoms with Gasteiger partial charge in [-0.2, -0.15) is 0 Å². The maximum atomic E-state index is 12.3. The zero-order valence-corrected chi connectivity index (χ0v) is 12.0. The topological polar surface area (TPSA) is 101 Å². The maximum Gasteiger partial charge on any atom is 0.316 e. The second-order valence-corrected chi connectivity index (χ2v) is 5.75. The van der Waals surface area contributed by atoms with E-state index in [-0.39, 0.29) is 0 Å². The summed E-state index contributed by atoms with van der Waals surface area (Å²) in [5, 5.41) is 18.2. The fraction of sp³-hybridized carbons (Fsp3) is 0.667. The van der Waals surface area contributed by atoms with Gasteiger partial charge < -0.3 is 14.9 Å². The smallest absolute Gasteiger partial charge is 0.316 e. The van der Waals surface area contributed by atoms with Crippen LogP contribution >= 0.6 is 0 Å². The first-order valence-corrected chi connectivity index (χ1v) is 7.28. The lowest BCUT2D eigenvalue weighted by Gasteiger charge is -2.31. The fourth-order valence-corrected chi connectivity index (χ4v) is 3.51. The van der Waals surface area contributed by atoms with Crippen LogP contribution in [0.15, 0.2) is 11.6 Å². The highest BCUT2D eigenvalue weighted by Gasteiger charge is 2.56. The summed E-state index contributed by atoms with van der Waals surface area (Å²) in [6, 6.07) is 0. The third-order valence-electron chi connectivity index (χ3n) is 4.41. The van der Waals surface area contributed by atoms with E-state index in [9.17, 15) is 19.5 Å². The predicted octanol–water partition coefficient (Wildman–Crippen LogP) is 1.98. The number of carboxylic acids is 2. The van der Waals surface area contributed by atoms with Gasteiger partial charge in [0, 0.05) is 0 Å². The number of hydrogen-bond donors (Lipinski definition) is 2. The Balaban J connectivity index is 2.37. The molecule has 6 heteroatoms. The summed E-state index contributed by atoms with van der Waals surface area (Å²) >= 11 is 0. The summed E-state index contributed by atoms with van der Waals surface area (Å²) in [7, 11) is 0. The first kappa shape index (κ1) is 15.5. The van der Waals surface area contributed by atoms with Crippen LogP contribution in [0.2, 0.25) is 0 Å². The molecule has 3 atom stereocenters. The van der Waals surface area contributed by atoms with E-state index >= 15 is 0 Å². The lowest BCUT2D eigenvalue weighted by atomic mass is 9.68. The zero-order chi connectivity index (χ0) is 15.6. The van der Waals surface area contributed by atoms with E-state index in [0.29, 0.717) is 18.4 Å². The molecule has 21 heavy (non-hydrogen) atoms. The molecule has 0 aromatic heterocycles. The largest absolute Gasteiger partial charge is 0.481 e. The molecule has 2 N–H and O–H groups in total. The van der Waals surface area contributed by atoms with Crippen LogP contribution in [-0.4, -0.2) is 34.2 Å². The van der Waals surface area contributed by atoms with Gasteiger partial charge in [-0.05, 0) is 31.3 Å². The van der Waals surface area contributed by atoms with E-state index in [4.69, 9.17) is 9.84 Å². The van der Waals surface area contributed by atoms with Gasteiger partial charge in [-0.3, -0.25) is 14.4 Å². The number of allylic oxidation sites excluding steroid dienone is 1. The number of fused-ring (bicyclic) bond motifs is 1. The van der Waals surface area contributed by atoms with Crippen LogP contribution in [0.1, 0.15) is 45.4 Å². The summed E-state index contributed by atoms with van der Waals surface area (Å²) < 4.78 is 5.34. The number of hydrogen-bond acceptors (Lipinski definition) is 4. The van der Waals surface area contributed by atoms with E-state index in [0.717, 1.165) is 19.3 Å². The number of carbonyl (C=O) groups excluding carboxylic acids is 1. The third kappa shape index (κ3) is 2.66. The minimum atomic E-state index is -1.24. The van der Waals surface area contributed by atoms with Crippen molar-refractivity contribution in [1.82, 2.24) is 0 Å². The molecule has 116 valence electrons. The van der Waals surface area contributed by atoms with Crippen LogP contribution in [0.25, 0.3) is 0 Å². The summed E-state index contributed by atoms with van der Waals surface area (Å²) in [5.74, 6) is -4.07. The molecule has 0 aromatic rings. The molecule has 1 aliphatic heterocycles. The van der Waals surface area contributed by atoms with Gasteiger partial charge in [-0.1, -0.05) is 19.4 Å². The molecule has 0 amide bonds. The molecule has 1 aliphatic carbocycles. The van der Waals surface area contributed by atoms with Gasteiger partial charge in [0.05, 0.1) is 11.8 Å².